The van der Waals surface area contributed by atoms with Crippen LogP contribution in [0.5, 0.6) is 0 Å². The van der Waals surface area contributed by atoms with Crippen molar-refractivity contribution < 1.29 is 9.53 Å². The number of ether oxygens (including phenoxy) is 1. The molecular formula is C13H18BrN3O2. The summed E-state index contributed by atoms with van der Waals surface area (Å²) in [5.74, 6) is 0.673. The minimum Gasteiger partial charge on any atom is -0.444 e. The van der Waals surface area contributed by atoms with E-state index in [1.165, 1.54) is 0 Å². The molecule has 104 valence electrons. The molecule has 19 heavy (non-hydrogen) atoms. The largest absolute Gasteiger partial charge is 0.444 e. The van der Waals surface area contributed by atoms with Gasteiger partial charge in [-0.05, 0) is 49.5 Å². The van der Waals surface area contributed by atoms with Gasteiger partial charge in [0.1, 0.15) is 5.60 Å². The van der Waals surface area contributed by atoms with Gasteiger partial charge in [0.15, 0.2) is 5.82 Å². The van der Waals surface area contributed by atoms with Crippen LogP contribution in [0.25, 0.3) is 0 Å². The number of hydrogen-bond acceptors (Lipinski definition) is 4. The second-order valence-electron chi connectivity index (χ2n) is 5.59. The lowest BCUT2D eigenvalue weighted by Gasteiger charge is -2.27. The number of aromatic nitrogens is 2. The van der Waals surface area contributed by atoms with Crippen molar-refractivity contribution in [3.05, 3.63) is 22.7 Å². The van der Waals surface area contributed by atoms with Gasteiger partial charge in [0, 0.05) is 18.9 Å². The van der Waals surface area contributed by atoms with Gasteiger partial charge in [-0.1, -0.05) is 0 Å². The minimum absolute atomic E-state index is 0.0806. The SMILES string of the molecule is CC(C)(C)OC(=O)N1CCCC1c1ncc(Br)cn1. The molecule has 1 aromatic rings. The molecule has 6 heteroatoms. The summed E-state index contributed by atoms with van der Waals surface area (Å²) in [4.78, 5) is 22.4. The number of rotatable bonds is 1. The van der Waals surface area contributed by atoms with Gasteiger partial charge >= 0.3 is 6.09 Å². The zero-order chi connectivity index (χ0) is 14.0. The van der Waals surface area contributed by atoms with E-state index in [0.29, 0.717) is 12.4 Å². The minimum atomic E-state index is -0.481. The molecule has 0 bridgehead atoms. The lowest BCUT2D eigenvalue weighted by atomic mass is 10.2. The summed E-state index contributed by atoms with van der Waals surface area (Å²) in [6, 6.07) is -0.0806. The predicted octanol–water partition coefficient (Wildman–Crippen LogP) is 3.31. The number of hydrogen-bond donors (Lipinski definition) is 0. The monoisotopic (exact) mass is 327 g/mol. The Kier molecular flexibility index (Phi) is 4.08. The van der Waals surface area contributed by atoms with Crippen LogP contribution in [0.1, 0.15) is 45.5 Å². The first-order chi connectivity index (χ1) is 8.87. The molecule has 0 saturated carbocycles. The third-order valence-corrected chi connectivity index (χ3v) is 3.23. The molecule has 2 rings (SSSR count). The average Bonchev–Trinajstić information content (AvgIpc) is 2.76. The third-order valence-electron chi connectivity index (χ3n) is 2.82. The number of likely N-dealkylation sites (tertiary alicyclic amines) is 1. The highest BCUT2D eigenvalue weighted by Gasteiger charge is 2.34. The molecule has 1 unspecified atom stereocenters. The van der Waals surface area contributed by atoms with E-state index in [1.54, 1.807) is 17.3 Å². The first-order valence-corrected chi connectivity index (χ1v) is 7.13. The van der Waals surface area contributed by atoms with Crippen molar-refractivity contribution in [2.75, 3.05) is 6.54 Å². The fourth-order valence-corrected chi connectivity index (χ4v) is 2.27. The Labute approximate surface area is 121 Å². The first-order valence-electron chi connectivity index (χ1n) is 6.34. The Morgan fingerprint density at radius 2 is 2.05 bits per heavy atom. The molecule has 1 aromatic heterocycles. The standard InChI is InChI=1S/C13H18BrN3O2/c1-13(2,3)19-12(18)17-6-4-5-10(17)11-15-7-9(14)8-16-11/h7-8,10H,4-6H2,1-3H3. The van der Waals surface area contributed by atoms with Crippen molar-refractivity contribution in [3.8, 4) is 0 Å². The van der Waals surface area contributed by atoms with E-state index < -0.39 is 5.60 Å². The van der Waals surface area contributed by atoms with E-state index in [9.17, 15) is 4.79 Å². The highest BCUT2D eigenvalue weighted by atomic mass is 79.9. The summed E-state index contributed by atoms with van der Waals surface area (Å²) in [5, 5.41) is 0. The van der Waals surface area contributed by atoms with Crippen LogP contribution >= 0.6 is 15.9 Å². The predicted molar refractivity (Wildman–Crippen MR) is 74.6 cm³/mol. The van der Waals surface area contributed by atoms with Gasteiger partial charge in [-0.3, -0.25) is 4.90 Å². The van der Waals surface area contributed by atoms with E-state index in [1.807, 2.05) is 20.8 Å². The number of carbonyl (C=O) groups is 1. The van der Waals surface area contributed by atoms with Crippen molar-refractivity contribution >= 4 is 22.0 Å². The van der Waals surface area contributed by atoms with Crippen molar-refractivity contribution in [1.82, 2.24) is 14.9 Å². The molecule has 2 heterocycles. The maximum Gasteiger partial charge on any atom is 0.410 e. The summed E-state index contributed by atoms with van der Waals surface area (Å²) in [6.07, 6.45) is 4.94. The number of halogens is 1. The summed E-state index contributed by atoms with van der Waals surface area (Å²) < 4.78 is 6.25. The molecule has 1 aliphatic rings. The van der Waals surface area contributed by atoms with Gasteiger partial charge in [-0.2, -0.15) is 0 Å². The van der Waals surface area contributed by atoms with Crippen molar-refractivity contribution in [2.45, 2.75) is 45.3 Å². The number of nitrogens with zero attached hydrogens (tertiary/aromatic N) is 3. The van der Waals surface area contributed by atoms with Crippen LogP contribution in [0.4, 0.5) is 4.79 Å². The van der Waals surface area contributed by atoms with E-state index >= 15 is 0 Å². The molecule has 1 aliphatic heterocycles. The summed E-state index contributed by atoms with van der Waals surface area (Å²) in [6.45, 7) is 6.29. The van der Waals surface area contributed by atoms with E-state index in [4.69, 9.17) is 4.74 Å². The molecule has 1 amide bonds. The van der Waals surface area contributed by atoms with Crippen LogP contribution in [0.3, 0.4) is 0 Å². The Hall–Kier alpha value is -1.17. The lowest BCUT2D eigenvalue weighted by molar-refractivity contribution is 0.0218. The second-order valence-corrected chi connectivity index (χ2v) is 6.51. The van der Waals surface area contributed by atoms with Crippen LogP contribution < -0.4 is 0 Å². The maximum atomic E-state index is 12.2. The molecule has 0 N–H and O–H groups in total. The topological polar surface area (TPSA) is 55.3 Å². The summed E-state index contributed by atoms with van der Waals surface area (Å²) in [5.41, 5.74) is -0.481. The average molecular weight is 328 g/mol. The third kappa shape index (κ3) is 3.65. The zero-order valence-electron chi connectivity index (χ0n) is 11.4. The van der Waals surface area contributed by atoms with Crippen molar-refractivity contribution in [2.24, 2.45) is 0 Å². The molecule has 1 atom stereocenters. The molecule has 1 fully saturated rings. The molecule has 0 aromatic carbocycles. The Balaban J connectivity index is 2.12. The molecule has 1 saturated heterocycles. The Morgan fingerprint density at radius 3 is 2.63 bits per heavy atom. The maximum absolute atomic E-state index is 12.2. The second kappa shape index (κ2) is 5.45. The van der Waals surface area contributed by atoms with Crippen LogP contribution in [0, 0.1) is 0 Å². The Morgan fingerprint density at radius 1 is 1.42 bits per heavy atom. The van der Waals surface area contributed by atoms with E-state index in [2.05, 4.69) is 25.9 Å². The zero-order valence-corrected chi connectivity index (χ0v) is 13.0. The summed E-state index contributed by atoms with van der Waals surface area (Å²) >= 11 is 3.31. The highest BCUT2D eigenvalue weighted by Crippen LogP contribution is 2.31. The van der Waals surface area contributed by atoms with Crippen molar-refractivity contribution in [1.29, 1.82) is 0 Å². The number of carbonyl (C=O) groups excluding carboxylic acids is 1. The Bertz CT molecular complexity index is 456. The molecule has 0 aliphatic carbocycles. The molecular weight excluding hydrogens is 310 g/mol. The highest BCUT2D eigenvalue weighted by molar-refractivity contribution is 9.10. The van der Waals surface area contributed by atoms with Gasteiger partial charge in [-0.15, -0.1) is 0 Å². The van der Waals surface area contributed by atoms with Crippen LogP contribution in [0.2, 0.25) is 0 Å². The van der Waals surface area contributed by atoms with Crippen LogP contribution in [-0.4, -0.2) is 33.1 Å². The van der Waals surface area contributed by atoms with Crippen molar-refractivity contribution in [3.63, 3.8) is 0 Å². The quantitative estimate of drug-likeness (QED) is 0.794. The van der Waals surface area contributed by atoms with Gasteiger partial charge in [-0.25, -0.2) is 14.8 Å². The summed E-state index contributed by atoms with van der Waals surface area (Å²) in [7, 11) is 0. The smallest absolute Gasteiger partial charge is 0.410 e. The lowest BCUT2D eigenvalue weighted by Crippen LogP contribution is -2.36. The molecule has 5 nitrogen and oxygen atoms in total. The number of amides is 1. The van der Waals surface area contributed by atoms with Gasteiger partial charge < -0.3 is 4.74 Å². The van der Waals surface area contributed by atoms with Gasteiger partial charge in [0.05, 0.1) is 10.5 Å². The first kappa shape index (κ1) is 14.2. The van der Waals surface area contributed by atoms with E-state index in [0.717, 1.165) is 17.3 Å². The normalized spacial score (nSPS) is 19.6. The van der Waals surface area contributed by atoms with Crippen LogP contribution in [-0.2, 0) is 4.74 Å². The fraction of sp³-hybridized carbons (Fsp3) is 0.615. The molecule has 0 radical (unpaired) electrons. The van der Waals surface area contributed by atoms with Crippen LogP contribution in [0.15, 0.2) is 16.9 Å². The fourth-order valence-electron chi connectivity index (χ4n) is 2.07. The van der Waals surface area contributed by atoms with Gasteiger partial charge in [0.2, 0.25) is 0 Å². The van der Waals surface area contributed by atoms with E-state index in [-0.39, 0.29) is 12.1 Å². The molecule has 0 spiro atoms. The van der Waals surface area contributed by atoms with Gasteiger partial charge in [0.25, 0.3) is 0 Å².